The second-order valence-corrected chi connectivity index (χ2v) is 1.92. The van der Waals surface area contributed by atoms with Gasteiger partial charge in [-0.25, -0.2) is 4.79 Å². The highest BCUT2D eigenvalue weighted by molar-refractivity contribution is 5.78. The summed E-state index contributed by atoms with van der Waals surface area (Å²) in [5, 5.41) is 17.2. The number of hydrogen-bond acceptors (Lipinski definition) is 4. The van der Waals surface area contributed by atoms with Crippen LogP contribution in [0.1, 0.15) is 6.92 Å². The Bertz CT molecular complexity index is 108. The van der Waals surface area contributed by atoms with Crippen LogP contribution in [-0.2, 0) is 9.53 Å². The Morgan fingerprint density at radius 1 is 1.78 bits per heavy atom. The normalized spacial score (nSPS) is 16.4. The number of aliphatic hydroxyl groups excluding tert-OH is 1. The molecule has 0 aliphatic heterocycles. The van der Waals surface area contributed by atoms with Crippen molar-refractivity contribution in [3.8, 4) is 0 Å². The molecule has 0 bridgehead atoms. The molecule has 0 unspecified atom stereocenters. The predicted molar refractivity (Wildman–Crippen MR) is 29.7 cm³/mol. The topological polar surface area (TPSA) is 66.8 Å². The third-order valence-corrected chi connectivity index (χ3v) is 0.933. The van der Waals surface area contributed by atoms with Gasteiger partial charge in [-0.1, -0.05) is 0 Å². The lowest BCUT2D eigenvalue weighted by molar-refractivity contribution is -0.164. The van der Waals surface area contributed by atoms with E-state index in [0.717, 1.165) is 7.11 Å². The maximum Gasteiger partial charge on any atom is 0.339 e. The number of methoxy groups -OCH3 is 1. The first-order valence-corrected chi connectivity index (χ1v) is 2.46. The molecule has 0 aromatic carbocycles. The lowest BCUT2D eigenvalue weighted by Crippen LogP contribution is -2.39. The summed E-state index contributed by atoms with van der Waals surface area (Å²) in [5.41, 5.74) is -1.76. The van der Waals surface area contributed by atoms with Crippen LogP contribution in [0.3, 0.4) is 0 Å². The van der Waals surface area contributed by atoms with E-state index < -0.39 is 18.2 Å². The predicted octanol–water partition coefficient (Wildman–Crippen LogP) is -1.10. The summed E-state index contributed by atoms with van der Waals surface area (Å²) in [5.74, 6) is -0.829. The Morgan fingerprint density at radius 2 is 2.22 bits per heavy atom. The maximum absolute atomic E-state index is 10.4. The number of ether oxygens (including phenoxy) is 1. The first-order chi connectivity index (χ1) is 4.04. The zero-order chi connectivity index (χ0) is 7.49. The molecule has 0 rings (SSSR count). The number of carbonyl (C=O) groups excluding carboxylic acids is 1. The van der Waals surface area contributed by atoms with Gasteiger partial charge in [0, 0.05) is 0 Å². The second-order valence-electron chi connectivity index (χ2n) is 1.92. The molecule has 54 valence electrons. The molecule has 1 atom stereocenters. The van der Waals surface area contributed by atoms with Gasteiger partial charge < -0.3 is 14.9 Å². The minimum absolute atomic E-state index is 0.625. The van der Waals surface area contributed by atoms with E-state index in [1.165, 1.54) is 6.92 Å². The van der Waals surface area contributed by atoms with Gasteiger partial charge >= 0.3 is 5.97 Å². The molecule has 0 spiro atoms. The highest BCUT2D eigenvalue weighted by Crippen LogP contribution is 2.02. The van der Waals surface area contributed by atoms with Gasteiger partial charge in [0.25, 0.3) is 0 Å². The average molecular weight is 134 g/mol. The lowest BCUT2D eigenvalue weighted by atomic mass is 10.1. The molecule has 0 fully saturated rings. The summed E-state index contributed by atoms with van der Waals surface area (Å²) >= 11 is 0. The molecule has 0 saturated heterocycles. The Morgan fingerprint density at radius 3 is 2.33 bits per heavy atom. The van der Waals surface area contributed by atoms with Gasteiger partial charge in [-0.2, -0.15) is 0 Å². The molecule has 0 radical (unpaired) electrons. The lowest BCUT2D eigenvalue weighted by Gasteiger charge is -2.15. The summed E-state index contributed by atoms with van der Waals surface area (Å²) in [6.45, 7) is 0.554. The van der Waals surface area contributed by atoms with Gasteiger partial charge in [-0.05, 0) is 6.92 Å². The molecule has 9 heavy (non-hydrogen) atoms. The van der Waals surface area contributed by atoms with Crippen molar-refractivity contribution in [3.63, 3.8) is 0 Å². The molecule has 2 N–H and O–H groups in total. The minimum Gasteiger partial charge on any atom is -0.467 e. The largest absolute Gasteiger partial charge is 0.467 e. The third-order valence-electron chi connectivity index (χ3n) is 0.933. The van der Waals surface area contributed by atoms with Gasteiger partial charge in [-0.3, -0.25) is 0 Å². The van der Waals surface area contributed by atoms with Crippen LogP contribution in [-0.4, -0.2) is 35.5 Å². The number of hydrogen-bond donors (Lipinski definition) is 2. The zero-order valence-electron chi connectivity index (χ0n) is 5.42. The van der Waals surface area contributed by atoms with Crippen molar-refractivity contribution >= 4 is 5.97 Å². The molecule has 0 aliphatic rings. The van der Waals surface area contributed by atoms with E-state index in [-0.39, 0.29) is 0 Å². The van der Waals surface area contributed by atoms with Crippen LogP contribution >= 0.6 is 0 Å². The van der Waals surface area contributed by atoms with Crippen molar-refractivity contribution in [1.29, 1.82) is 0 Å². The van der Waals surface area contributed by atoms with Crippen molar-refractivity contribution in [3.05, 3.63) is 0 Å². The number of rotatable bonds is 2. The molecule has 0 heterocycles. The van der Waals surface area contributed by atoms with Crippen molar-refractivity contribution in [1.82, 2.24) is 0 Å². The van der Waals surface area contributed by atoms with Crippen LogP contribution in [0.15, 0.2) is 0 Å². The Kier molecular flexibility index (Phi) is 2.61. The first kappa shape index (κ1) is 8.39. The monoisotopic (exact) mass is 134 g/mol. The van der Waals surface area contributed by atoms with Crippen molar-refractivity contribution in [2.24, 2.45) is 0 Å². The second kappa shape index (κ2) is 2.80. The van der Waals surface area contributed by atoms with Crippen molar-refractivity contribution in [2.45, 2.75) is 12.5 Å². The van der Waals surface area contributed by atoms with Gasteiger partial charge in [0.1, 0.15) is 0 Å². The van der Waals surface area contributed by atoms with Gasteiger partial charge in [0.2, 0.25) is 0 Å². The Labute approximate surface area is 53.1 Å². The maximum atomic E-state index is 10.4. The fourth-order valence-electron chi connectivity index (χ4n) is 0.284. The highest BCUT2D eigenvalue weighted by atomic mass is 16.5. The number of carbonyl (C=O) groups is 1. The zero-order valence-corrected chi connectivity index (χ0v) is 5.42. The van der Waals surface area contributed by atoms with E-state index in [0.29, 0.717) is 0 Å². The van der Waals surface area contributed by atoms with Gasteiger partial charge in [0.05, 0.1) is 13.7 Å². The fourth-order valence-corrected chi connectivity index (χ4v) is 0.284. The standard InChI is InChI=1S/C5H10O4/c1-5(8,3-6)4(7)9-2/h6,8H,3H2,1-2H3/t5-/m1/s1. The van der Waals surface area contributed by atoms with E-state index in [2.05, 4.69) is 4.74 Å². The van der Waals surface area contributed by atoms with Crippen LogP contribution in [0.2, 0.25) is 0 Å². The third kappa shape index (κ3) is 1.99. The summed E-state index contributed by atoms with van der Waals surface area (Å²) in [6, 6.07) is 0. The SMILES string of the molecule is COC(=O)[C@](C)(O)CO. The molecule has 4 nitrogen and oxygen atoms in total. The van der Waals surface area contributed by atoms with E-state index in [4.69, 9.17) is 10.2 Å². The van der Waals surface area contributed by atoms with Crippen molar-refractivity contribution in [2.75, 3.05) is 13.7 Å². The minimum atomic E-state index is -1.76. The summed E-state index contributed by atoms with van der Waals surface area (Å²) in [6.07, 6.45) is 0. The van der Waals surface area contributed by atoms with Gasteiger partial charge in [0.15, 0.2) is 5.60 Å². The van der Waals surface area contributed by atoms with Crippen LogP contribution < -0.4 is 0 Å². The molecule has 4 heteroatoms. The molecular weight excluding hydrogens is 124 g/mol. The Hall–Kier alpha value is -0.610. The molecule has 0 aromatic heterocycles. The molecule has 0 saturated carbocycles. The smallest absolute Gasteiger partial charge is 0.339 e. The van der Waals surface area contributed by atoms with E-state index >= 15 is 0 Å². The van der Waals surface area contributed by atoms with Crippen LogP contribution in [0, 0.1) is 0 Å². The average Bonchev–Trinajstić information content (AvgIpc) is 1.86. The summed E-state index contributed by atoms with van der Waals surface area (Å²) in [4.78, 5) is 10.4. The first-order valence-electron chi connectivity index (χ1n) is 2.46. The van der Waals surface area contributed by atoms with E-state index in [1.54, 1.807) is 0 Å². The molecular formula is C5H10O4. The van der Waals surface area contributed by atoms with E-state index in [1.807, 2.05) is 0 Å². The number of esters is 1. The van der Waals surface area contributed by atoms with Crippen LogP contribution in [0.4, 0.5) is 0 Å². The quantitative estimate of drug-likeness (QED) is 0.470. The van der Waals surface area contributed by atoms with Crippen molar-refractivity contribution < 1.29 is 19.7 Å². The highest BCUT2D eigenvalue weighted by Gasteiger charge is 2.29. The summed E-state index contributed by atoms with van der Waals surface area (Å²) in [7, 11) is 1.15. The van der Waals surface area contributed by atoms with Crippen LogP contribution in [0.5, 0.6) is 0 Å². The molecule has 0 amide bonds. The van der Waals surface area contributed by atoms with Crippen LogP contribution in [0.25, 0.3) is 0 Å². The number of aliphatic hydroxyl groups is 2. The Balaban J connectivity index is 3.97. The molecule has 0 aliphatic carbocycles. The van der Waals surface area contributed by atoms with Gasteiger partial charge in [-0.15, -0.1) is 0 Å². The fraction of sp³-hybridized carbons (Fsp3) is 0.800. The summed E-state index contributed by atoms with van der Waals surface area (Å²) < 4.78 is 4.16. The molecule has 0 aromatic rings. The van der Waals surface area contributed by atoms with E-state index in [9.17, 15) is 4.79 Å².